The molecule has 2 saturated carbocycles. The van der Waals surface area contributed by atoms with E-state index in [4.69, 9.17) is 5.73 Å². The fourth-order valence-corrected chi connectivity index (χ4v) is 6.14. The Labute approximate surface area is 193 Å². The summed E-state index contributed by atoms with van der Waals surface area (Å²) in [5, 5.41) is 5.31. The van der Waals surface area contributed by atoms with E-state index in [1.807, 2.05) is 0 Å². The number of benzene rings is 2. The molecule has 3 aromatic rings. The Bertz CT molecular complexity index is 1020. The van der Waals surface area contributed by atoms with Gasteiger partial charge in [0.2, 0.25) is 0 Å². The maximum Gasteiger partial charge on any atom is 0.0485 e. The third kappa shape index (κ3) is 4.65. The summed E-state index contributed by atoms with van der Waals surface area (Å²) in [6.45, 7) is 3.27. The quantitative estimate of drug-likeness (QED) is 0.453. The van der Waals surface area contributed by atoms with Crippen molar-refractivity contribution in [1.82, 2.24) is 9.88 Å². The highest BCUT2D eigenvalue weighted by Crippen LogP contribution is 2.39. The Kier molecular flexibility index (Phi) is 6.66. The van der Waals surface area contributed by atoms with Crippen LogP contribution in [0.25, 0.3) is 10.9 Å². The third-order valence-corrected chi connectivity index (χ3v) is 7.95. The molecule has 3 heteroatoms. The number of nitrogens with one attached hydrogen (secondary N) is 1. The summed E-state index contributed by atoms with van der Waals surface area (Å²) in [7, 11) is 0. The van der Waals surface area contributed by atoms with Crippen molar-refractivity contribution in [3.05, 3.63) is 71.4 Å². The van der Waals surface area contributed by atoms with Gasteiger partial charge in [-0.05, 0) is 75.6 Å². The van der Waals surface area contributed by atoms with Crippen LogP contribution in [0, 0.1) is 6.92 Å². The van der Waals surface area contributed by atoms with Gasteiger partial charge in [0.15, 0.2) is 0 Å². The Morgan fingerprint density at radius 2 is 1.75 bits per heavy atom. The van der Waals surface area contributed by atoms with Gasteiger partial charge in [-0.1, -0.05) is 60.9 Å². The van der Waals surface area contributed by atoms with E-state index in [1.54, 1.807) is 0 Å². The van der Waals surface area contributed by atoms with Gasteiger partial charge >= 0.3 is 0 Å². The van der Waals surface area contributed by atoms with Crippen LogP contribution in [0.15, 0.2) is 54.7 Å². The fourth-order valence-electron chi connectivity index (χ4n) is 6.14. The second-order valence-corrected chi connectivity index (χ2v) is 10.3. The Morgan fingerprint density at radius 3 is 2.53 bits per heavy atom. The van der Waals surface area contributed by atoms with E-state index in [0.717, 1.165) is 25.8 Å². The summed E-state index contributed by atoms with van der Waals surface area (Å²) in [5.74, 6) is 0.417. The SMILES string of the molecule is Cc1cccc(C(CCN[C@H]2CC[C@H](N)CC2)c2cn(C3CCCC3)c3ccccc23)c1. The van der Waals surface area contributed by atoms with Crippen molar-refractivity contribution in [2.75, 3.05) is 6.54 Å². The highest BCUT2D eigenvalue weighted by atomic mass is 15.0. The molecule has 0 spiro atoms. The molecule has 2 fully saturated rings. The molecule has 1 atom stereocenters. The number of hydrogen-bond acceptors (Lipinski definition) is 2. The number of aromatic nitrogens is 1. The molecule has 2 aromatic carbocycles. The lowest BCUT2D eigenvalue weighted by Gasteiger charge is -2.28. The first-order valence-corrected chi connectivity index (χ1v) is 12.8. The van der Waals surface area contributed by atoms with Crippen molar-refractivity contribution in [2.45, 2.75) is 88.8 Å². The minimum absolute atomic E-state index is 0.412. The smallest absolute Gasteiger partial charge is 0.0485 e. The normalized spacial score (nSPS) is 23.1. The zero-order valence-corrected chi connectivity index (χ0v) is 19.6. The molecule has 1 unspecified atom stereocenters. The number of fused-ring (bicyclic) bond motifs is 1. The van der Waals surface area contributed by atoms with E-state index in [0.29, 0.717) is 24.0 Å². The predicted octanol–water partition coefficient (Wildman–Crippen LogP) is 6.45. The van der Waals surface area contributed by atoms with Gasteiger partial charge in [-0.15, -0.1) is 0 Å². The van der Waals surface area contributed by atoms with Gasteiger partial charge < -0.3 is 15.6 Å². The van der Waals surface area contributed by atoms with Gasteiger partial charge in [0.05, 0.1) is 0 Å². The molecule has 3 N–H and O–H groups in total. The predicted molar refractivity (Wildman–Crippen MR) is 135 cm³/mol. The van der Waals surface area contributed by atoms with Crippen LogP contribution in [0.3, 0.4) is 0 Å². The van der Waals surface area contributed by atoms with E-state index in [9.17, 15) is 0 Å². The Balaban J connectivity index is 1.44. The highest BCUT2D eigenvalue weighted by molar-refractivity contribution is 5.85. The molecule has 0 amide bonds. The minimum Gasteiger partial charge on any atom is -0.344 e. The van der Waals surface area contributed by atoms with Crippen molar-refractivity contribution < 1.29 is 0 Å². The molecule has 170 valence electrons. The molecular weight excluding hydrogens is 390 g/mol. The first-order chi connectivity index (χ1) is 15.7. The van der Waals surface area contributed by atoms with Crippen LogP contribution in [0.2, 0.25) is 0 Å². The minimum atomic E-state index is 0.412. The van der Waals surface area contributed by atoms with Crippen LogP contribution in [0.5, 0.6) is 0 Å². The van der Waals surface area contributed by atoms with Crippen LogP contribution in [0.4, 0.5) is 0 Å². The lowest BCUT2D eigenvalue weighted by molar-refractivity contribution is 0.340. The van der Waals surface area contributed by atoms with E-state index in [1.165, 1.54) is 66.1 Å². The van der Waals surface area contributed by atoms with Crippen molar-refractivity contribution in [3.63, 3.8) is 0 Å². The van der Waals surface area contributed by atoms with Gasteiger partial charge in [-0.3, -0.25) is 0 Å². The monoisotopic (exact) mass is 429 g/mol. The van der Waals surface area contributed by atoms with Gasteiger partial charge in [0.1, 0.15) is 0 Å². The number of aryl methyl sites for hydroxylation is 1. The summed E-state index contributed by atoms with van der Waals surface area (Å²) in [4.78, 5) is 0. The molecule has 5 rings (SSSR count). The second-order valence-electron chi connectivity index (χ2n) is 10.3. The Morgan fingerprint density at radius 1 is 0.969 bits per heavy atom. The second kappa shape index (κ2) is 9.80. The first-order valence-electron chi connectivity index (χ1n) is 12.8. The molecule has 0 radical (unpaired) electrons. The number of para-hydroxylation sites is 1. The Hall–Kier alpha value is -2.10. The zero-order valence-electron chi connectivity index (χ0n) is 19.6. The average Bonchev–Trinajstić information content (AvgIpc) is 3.46. The van der Waals surface area contributed by atoms with Crippen molar-refractivity contribution >= 4 is 10.9 Å². The lowest BCUT2D eigenvalue weighted by Crippen LogP contribution is -2.38. The summed E-state index contributed by atoms with van der Waals surface area (Å²) in [6.07, 6.45) is 13.8. The molecule has 3 nitrogen and oxygen atoms in total. The molecular formula is C29H39N3. The molecule has 0 bridgehead atoms. The third-order valence-electron chi connectivity index (χ3n) is 7.95. The van der Waals surface area contributed by atoms with Gasteiger partial charge in [0.25, 0.3) is 0 Å². The highest BCUT2D eigenvalue weighted by Gasteiger charge is 2.25. The van der Waals surface area contributed by atoms with Gasteiger partial charge in [-0.2, -0.15) is 0 Å². The van der Waals surface area contributed by atoms with Crippen LogP contribution in [-0.2, 0) is 0 Å². The molecule has 0 aliphatic heterocycles. The topological polar surface area (TPSA) is 43.0 Å². The summed E-state index contributed by atoms with van der Waals surface area (Å²) >= 11 is 0. The largest absolute Gasteiger partial charge is 0.344 e. The first kappa shape index (κ1) is 21.7. The zero-order chi connectivity index (χ0) is 21.9. The summed E-state index contributed by atoms with van der Waals surface area (Å²) < 4.78 is 2.61. The molecule has 2 aliphatic rings. The van der Waals surface area contributed by atoms with Crippen LogP contribution < -0.4 is 11.1 Å². The number of nitrogens with zero attached hydrogens (tertiary/aromatic N) is 1. The molecule has 1 aromatic heterocycles. The van der Waals surface area contributed by atoms with E-state index in [2.05, 4.69) is 71.5 Å². The van der Waals surface area contributed by atoms with Crippen molar-refractivity contribution in [3.8, 4) is 0 Å². The van der Waals surface area contributed by atoms with Crippen LogP contribution in [0.1, 0.15) is 86.4 Å². The number of hydrogen-bond donors (Lipinski definition) is 2. The van der Waals surface area contributed by atoms with Crippen molar-refractivity contribution in [1.29, 1.82) is 0 Å². The van der Waals surface area contributed by atoms with E-state index < -0.39 is 0 Å². The van der Waals surface area contributed by atoms with E-state index >= 15 is 0 Å². The maximum absolute atomic E-state index is 6.12. The number of nitrogens with two attached hydrogens (primary N) is 1. The van der Waals surface area contributed by atoms with E-state index in [-0.39, 0.29) is 0 Å². The molecule has 1 heterocycles. The fraction of sp³-hybridized carbons (Fsp3) is 0.517. The lowest BCUT2D eigenvalue weighted by atomic mass is 9.87. The molecule has 0 saturated heterocycles. The van der Waals surface area contributed by atoms with Crippen molar-refractivity contribution in [2.24, 2.45) is 5.73 Å². The molecule has 32 heavy (non-hydrogen) atoms. The maximum atomic E-state index is 6.12. The van der Waals surface area contributed by atoms with Crippen LogP contribution in [-0.4, -0.2) is 23.2 Å². The number of rotatable bonds is 7. The summed E-state index contributed by atoms with van der Waals surface area (Å²) in [6, 6.07) is 20.0. The van der Waals surface area contributed by atoms with Gasteiger partial charge in [-0.25, -0.2) is 0 Å². The average molecular weight is 430 g/mol. The summed E-state index contributed by atoms with van der Waals surface area (Å²) in [5.41, 5.74) is 11.8. The van der Waals surface area contributed by atoms with Crippen LogP contribution >= 0.6 is 0 Å². The molecule has 2 aliphatic carbocycles. The standard InChI is InChI=1S/C29H39N3/c1-21-7-6-8-22(19-21)26(17-18-31-24-15-13-23(30)14-16-24)28-20-32(25-9-2-3-10-25)29-12-5-4-11-27(28)29/h4-8,11-12,19-20,23-26,31H,2-3,9-10,13-18,30H2,1H3/t23-,24-,26?. The van der Waals surface area contributed by atoms with Gasteiger partial charge in [0, 0.05) is 41.1 Å².